The van der Waals surface area contributed by atoms with Gasteiger partial charge in [0.25, 0.3) is 0 Å². The Morgan fingerprint density at radius 1 is 1.44 bits per heavy atom. The molecule has 1 aromatic carbocycles. The number of rotatable bonds is 7. The Labute approximate surface area is 115 Å². The van der Waals surface area contributed by atoms with E-state index in [1.54, 1.807) is 7.11 Å². The van der Waals surface area contributed by atoms with E-state index in [0.717, 1.165) is 36.2 Å². The fourth-order valence-corrected chi connectivity index (χ4v) is 2.30. The van der Waals surface area contributed by atoms with Crippen LogP contribution in [0.25, 0.3) is 0 Å². The Morgan fingerprint density at radius 2 is 2.22 bits per heavy atom. The van der Waals surface area contributed by atoms with Crippen LogP contribution in [0.3, 0.4) is 0 Å². The van der Waals surface area contributed by atoms with Gasteiger partial charge in [-0.2, -0.15) is 0 Å². The zero-order valence-electron chi connectivity index (χ0n) is 11.2. The summed E-state index contributed by atoms with van der Waals surface area (Å²) >= 11 is 6.03. The number of ether oxygens (including phenoxy) is 1. The summed E-state index contributed by atoms with van der Waals surface area (Å²) in [6.07, 6.45) is 4.90. The lowest BCUT2D eigenvalue weighted by Crippen LogP contribution is -2.23. The molecule has 1 fully saturated rings. The standard InChI is InChI=1S/C15H22ClNO/c1-11(10-17-14-6-7-14)3-4-12-9-13(16)5-8-15(12)18-2/h5,8-9,11,14,17H,3-4,6-7,10H2,1-2H3. The molecule has 0 amide bonds. The summed E-state index contributed by atoms with van der Waals surface area (Å²) in [5.74, 6) is 1.64. The summed E-state index contributed by atoms with van der Waals surface area (Å²) in [5, 5.41) is 4.36. The Morgan fingerprint density at radius 3 is 2.89 bits per heavy atom. The summed E-state index contributed by atoms with van der Waals surface area (Å²) in [6.45, 7) is 3.42. The average Bonchev–Trinajstić information content (AvgIpc) is 3.18. The first-order valence-electron chi connectivity index (χ1n) is 6.75. The van der Waals surface area contributed by atoms with Crippen molar-refractivity contribution in [2.45, 2.75) is 38.6 Å². The number of aryl methyl sites for hydroxylation is 1. The number of methoxy groups -OCH3 is 1. The largest absolute Gasteiger partial charge is 0.496 e. The van der Waals surface area contributed by atoms with E-state index in [9.17, 15) is 0 Å². The molecule has 0 bridgehead atoms. The lowest BCUT2D eigenvalue weighted by atomic mass is 10.0. The molecule has 1 saturated carbocycles. The van der Waals surface area contributed by atoms with E-state index >= 15 is 0 Å². The second-order valence-electron chi connectivity index (χ2n) is 5.28. The highest BCUT2D eigenvalue weighted by atomic mass is 35.5. The highest BCUT2D eigenvalue weighted by Gasteiger charge is 2.20. The molecule has 2 nitrogen and oxygen atoms in total. The van der Waals surface area contributed by atoms with E-state index in [1.807, 2.05) is 18.2 Å². The van der Waals surface area contributed by atoms with Gasteiger partial charge in [-0.1, -0.05) is 18.5 Å². The van der Waals surface area contributed by atoms with E-state index in [-0.39, 0.29) is 0 Å². The zero-order chi connectivity index (χ0) is 13.0. The average molecular weight is 268 g/mol. The van der Waals surface area contributed by atoms with Gasteiger partial charge in [-0.15, -0.1) is 0 Å². The topological polar surface area (TPSA) is 21.3 Å². The maximum atomic E-state index is 6.03. The van der Waals surface area contributed by atoms with Gasteiger partial charge >= 0.3 is 0 Å². The highest BCUT2D eigenvalue weighted by Crippen LogP contribution is 2.25. The first-order chi connectivity index (χ1) is 8.69. The van der Waals surface area contributed by atoms with Gasteiger partial charge in [0.2, 0.25) is 0 Å². The number of benzene rings is 1. The fourth-order valence-electron chi connectivity index (χ4n) is 2.10. The molecule has 0 aliphatic heterocycles. The third kappa shape index (κ3) is 4.18. The minimum atomic E-state index is 0.689. The lowest BCUT2D eigenvalue weighted by molar-refractivity contribution is 0.405. The van der Waals surface area contributed by atoms with E-state index in [2.05, 4.69) is 12.2 Å². The van der Waals surface area contributed by atoms with E-state index in [4.69, 9.17) is 16.3 Å². The number of hydrogen-bond acceptors (Lipinski definition) is 2. The van der Waals surface area contributed by atoms with Gasteiger partial charge in [-0.05, 0) is 61.9 Å². The van der Waals surface area contributed by atoms with Gasteiger partial charge in [-0.25, -0.2) is 0 Å². The van der Waals surface area contributed by atoms with Crippen molar-refractivity contribution in [3.8, 4) is 5.75 Å². The molecule has 100 valence electrons. The van der Waals surface area contributed by atoms with Crippen molar-refractivity contribution >= 4 is 11.6 Å². The third-order valence-electron chi connectivity index (χ3n) is 3.48. The Hall–Kier alpha value is -0.730. The van der Waals surface area contributed by atoms with Crippen LogP contribution in [0.2, 0.25) is 5.02 Å². The summed E-state index contributed by atoms with van der Waals surface area (Å²) in [5.41, 5.74) is 1.21. The third-order valence-corrected chi connectivity index (χ3v) is 3.72. The van der Waals surface area contributed by atoms with Crippen molar-refractivity contribution in [3.63, 3.8) is 0 Å². The smallest absolute Gasteiger partial charge is 0.122 e. The maximum absolute atomic E-state index is 6.03. The van der Waals surface area contributed by atoms with Crippen molar-refractivity contribution in [3.05, 3.63) is 28.8 Å². The second kappa shape index (κ2) is 6.44. The minimum Gasteiger partial charge on any atom is -0.496 e. The zero-order valence-corrected chi connectivity index (χ0v) is 12.0. The molecule has 0 heterocycles. The second-order valence-corrected chi connectivity index (χ2v) is 5.72. The summed E-state index contributed by atoms with van der Waals surface area (Å²) in [7, 11) is 1.71. The fraction of sp³-hybridized carbons (Fsp3) is 0.600. The molecule has 0 saturated heterocycles. The first-order valence-corrected chi connectivity index (χ1v) is 7.12. The quantitative estimate of drug-likeness (QED) is 0.814. The van der Waals surface area contributed by atoms with Gasteiger partial charge < -0.3 is 10.1 Å². The van der Waals surface area contributed by atoms with Crippen LogP contribution in [0, 0.1) is 5.92 Å². The van der Waals surface area contributed by atoms with Gasteiger partial charge in [0, 0.05) is 11.1 Å². The SMILES string of the molecule is COc1ccc(Cl)cc1CCC(C)CNC1CC1. The lowest BCUT2D eigenvalue weighted by Gasteiger charge is -2.14. The summed E-state index contributed by atoms with van der Waals surface area (Å²) in [4.78, 5) is 0. The summed E-state index contributed by atoms with van der Waals surface area (Å²) < 4.78 is 5.37. The van der Waals surface area contributed by atoms with Crippen LogP contribution in [0.1, 0.15) is 31.7 Å². The maximum Gasteiger partial charge on any atom is 0.122 e. The van der Waals surface area contributed by atoms with E-state index in [1.165, 1.54) is 18.4 Å². The molecule has 1 aliphatic rings. The molecule has 0 radical (unpaired) electrons. The minimum absolute atomic E-state index is 0.689. The van der Waals surface area contributed by atoms with Crippen molar-refractivity contribution in [2.75, 3.05) is 13.7 Å². The van der Waals surface area contributed by atoms with E-state index < -0.39 is 0 Å². The van der Waals surface area contributed by atoms with Crippen LogP contribution in [0.4, 0.5) is 0 Å². The summed E-state index contributed by atoms with van der Waals surface area (Å²) in [6, 6.07) is 6.64. The van der Waals surface area contributed by atoms with Crippen molar-refractivity contribution < 1.29 is 4.74 Å². The van der Waals surface area contributed by atoms with E-state index in [0.29, 0.717) is 5.92 Å². The molecule has 1 atom stereocenters. The molecular formula is C15H22ClNO. The van der Waals surface area contributed by atoms with Crippen LogP contribution in [0.5, 0.6) is 5.75 Å². The van der Waals surface area contributed by atoms with Crippen LogP contribution in [-0.2, 0) is 6.42 Å². The van der Waals surface area contributed by atoms with Crippen LogP contribution < -0.4 is 10.1 Å². The predicted octanol–water partition coefficient (Wildman–Crippen LogP) is 3.67. The highest BCUT2D eigenvalue weighted by molar-refractivity contribution is 6.30. The van der Waals surface area contributed by atoms with Crippen LogP contribution in [-0.4, -0.2) is 19.7 Å². The van der Waals surface area contributed by atoms with Crippen LogP contribution in [0.15, 0.2) is 18.2 Å². The normalized spacial score (nSPS) is 16.6. The molecule has 1 unspecified atom stereocenters. The monoisotopic (exact) mass is 267 g/mol. The molecule has 18 heavy (non-hydrogen) atoms. The molecule has 1 N–H and O–H groups in total. The van der Waals surface area contributed by atoms with Crippen LogP contribution >= 0.6 is 11.6 Å². The van der Waals surface area contributed by atoms with Gasteiger partial charge in [0.1, 0.15) is 5.75 Å². The number of hydrogen-bond donors (Lipinski definition) is 1. The molecule has 1 aromatic rings. The Kier molecular flexibility index (Phi) is 4.90. The van der Waals surface area contributed by atoms with Crippen molar-refractivity contribution in [2.24, 2.45) is 5.92 Å². The molecule has 0 spiro atoms. The van der Waals surface area contributed by atoms with Crippen molar-refractivity contribution in [1.29, 1.82) is 0 Å². The molecule has 3 heteroatoms. The van der Waals surface area contributed by atoms with Gasteiger partial charge in [0.05, 0.1) is 7.11 Å². The number of nitrogens with one attached hydrogen (secondary N) is 1. The molecule has 0 aromatic heterocycles. The Balaban J connectivity index is 1.82. The predicted molar refractivity (Wildman–Crippen MR) is 76.5 cm³/mol. The molecule has 1 aliphatic carbocycles. The Bertz CT molecular complexity index is 390. The van der Waals surface area contributed by atoms with Gasteiger partial charge in [0.15, 0.2) is 0 Å². The first kappa shape index (κ1) is 13.7. The molecule has 2 rings (SSSR count). The van der Waals surface area contributed by atoms with Gasteiger partial charge in [-0.3, -0.25) is 0 Å². The molecular weight excluding hydrogens is 246 g/mol. The van der Waals surface area contributed by atoms with Crippen molar-refractivity contribution in [1.82, 2.24) is 5.32 Å². The number of halogens is 1.